The number of nitrogens with zero attached hydrogens (tertiary/aromatic N) is 1. The van der Waals surface area contributed by atoms with Gasteiger partial charge in [0.25, 0.3) is 5.91 Å². The number of aromatic amines is 1. The second-order valence-corrected chi connectivity index (χ2v) is 7.76. The minimum atomic E-state index is -0.0127. The molecule has 0 aliphatic carbocycles. The minimum absolute atomic E-state index is 0.0127. The number of amides is 1. The maximum Gasteiger partial charge on any atom is 0.254 e. The fraction of sp³-hybridized carbons (Fsp3) is 0.261. The second-order valence-electron chi connectivity index (χ2n) is 6.90. The predicted octanol–water partition coefficient (Wildman–Crippen LogP) is 5.27. The number of benzene rings is 2. The molecule has 0 bridgehead atoms. The molecule has 0 saturated carbocycles. The van der Waals surface area contributed by atoms with Gasteiger partial charge in [-0.15, -0.1) is 0 Å². The molecule has 2 heterocycles. The number of methoxy groups -OCH3 is 1. The van der Waals surface area contributed by atoms with Crippen LogP contribution in [0.2, 0.25) is 0 Å². The molecule has 0 radical (unpaired) electrons. The van der Waals surface area contributed by atoms with Crippen LogP contribution in [0.5, 0.6) is 11.5 Å². The number of ether oxygens (including phenoxy) is 2. The number of halogens is 1. The van der Waals surface area contributed by atoms with Crippen molar-refractivity contribution in [3.8, 4) is 11.5 Å². The van der Waals surface area contributed by atoms with Crippen LogP contribution in [0.3, 0.4) is 0 Å². The van der Waals surface area contributed by atoms with Crippen LogP contribution in [-0.2, 0) is 0 Å². The lowest BCUT2D eigenvalue weighted by Gasteiger charge is -2.27. The van der Waals surface area contributed by atoms with Gasteiger partial charge in [-0.25, -0.2) is 0 Å². The maximum absolute atomic E-state index is 13.1. The van der Waals surface area contributed by atoms with Crippen molar-refractivity contribution < 1.29 is 14.3 Å². The highest BCUT2D eigenvalue weighted by Gasteiger charge is 2.23. The van der Waals surface area contributed by atoms with E-state index in [-0.39, 0.29) is 5.91 Å². The third kappa shape index (κ3) is 3.77. The van der Waals surface area contributed by atoms with Gasteiger partial charge in [-0.3, -0.25) is 4.79 Å². The molecule has 5 nitrogen and oxygen atoms in total. The molecule has 29 heavy (non-hydrogen) atoms. The van der Waals surface area contributed by atoms with E-state index < -0.39 is 0 Å². The van der Waals surface area contributed by atoms with Gasteiger partial charge in [0.2, 0.25) is 0 Å². The lowest BCUT2D eigenvalue weighted by atomic mass is 9.98. The van der Waals surface area contributed by atoms with Crippen molar-refractivity contribution in [2.45, 2.75) is 13.3 Å². The molecule has 1 aliphatic rings. The molecule has 150 valence electrons. The summed E-state index contributed by atoms with van der Waals surface area (Å²) in [7, 11) is 1.58. The van der Waals surface area contributed by atoms with Crippen molar-refractivity contribution in [2.24, 2.45) is 0 Å². The van der Waals surface area contributed by atoms with Crippen LogP contribution < -0.4 is 9.47 Å². The third-order valence-corrected chi connectivity index (χ3v) is 5.79. The Hall–Kier alpha value is -2.73. The highest BCUT2D eigenvalue weighted by atomic mass is 79.9. The summed E-state index contributed by atoms with van der Waals surface area (Å²) in [6, 6.07) is 11.8. The summed E-state index contributed by atoms with van der Waals surface area (Å²) in [4.78, 5) is 18.3. The summed E-state index contributed by atoms with van der Waals surface area (Å²) < 4.78 is 11.8. The monoisotopic (exact) mass is 454 g/mol. The molecule has 1 aliphatic heterocycles. The van der Waals surface area contributed by atoms with Crippen molar-refractivity contribution in [3.63, 3.8) is 0 Å². The summed E-state index contributed by atoms with van der Waals surface area (Å²) in [5.41, 5.74) is 4.21. The number of hydrogen-bond donors (Lipinski definition) is 1. The number of para-hydroxylation sites is 1. The number of carbonyl (C=O) groups excluding carboxylic acids is 1. The number of H-pyrrole nitrogens is 1. The Morgan fingerprint density at radius 2 is 2.10 bits per heavy atom. The first-order chi connectivity index (χ1) is 14.1. The Balaban J connectivity index is 1.55. The molecule has 0 unspecified atom stereocenters. The molecule has 1 aromatic heterocycles. The van der Waals surface area contributed by atoms with E-state index in [4.69, 9.17) is 9.47 Å². The summed E-state index contributed by atoms with van der Waals surface area (Å²) in [5.74, 6) is 1.16. The Kier molecular flexibility index (Phi) is 5.62. The van der Waals surface area contributed by atoms with Crippen molar-refractivity contribution in [3.05, 3.63) is 64.3 Å². The number of rotatable bonds is 5. The number of carbonyl (C=O) groups is 1. The predicted molar refractivity (Wildman–Crippen MR) is 119 cm³/mol. The largest absolute Gasteiger partial charge is 0.493 e. The molecular formula is C23H23BrN2O3. The zero-order valence-corrected chi connectivity index (χ0v) is 18.1. The van der Waals surface area contributed by atoms with Crippen molar-refractivity contribution >= 4 is 38.3 Å². The van der Waals surface area contributed by atoms with Crippen LogP contribution in [0.4, 0.5) is 0 Å². The van der Waals surface area contributed by atoms with Gasteiger partial charge in [0.1, 0.15) is 0 Å². The van der Waals surface area contributed by atoms with Crippen molar-refractivity contribution in [2.75, 3.05) is 26.8 Å². The van der Waals surface area contributed by atoms with Crippen LogP contribution >= 0.6 is 15.9 Å². The van der Waals surface area contributed by atoms with E-state index in [1.807, 2.05) is 17.9 Å². The van der Waals surface area contributed by atoms with Crippen LogP contribution in [-0.4, -0.2) is 42.6 Å². The van der Waals surface area contributed by atoms with E-state index in [9.17, 15) is 4.79 Å². The molecule has 4 rings (SSSR count). The van der Waals surface area contributed by atoms with Gasteiger partial charge >= 0.3 is 0 Å². The van der Waals surface area contributed by atoms with Gasteiger partial charge in [-0.2, -0.15) is 0 Å². The summed E-state index contributed by atoms with van der Waals surface area (Å²) >= 11 is 3.50. The fourth-order valence-electron chi connectivity index (χ4n) is 3.75. The standard InChI is InChI=1S/C23H23BrN2O3/c1-3-29-22-19(24)12-16(13-21(22)28-2)23(27)26-10-8-15(9-11-26)18-14-25-20-7-5-4-6-17(18)20/h4-8,12-14,25H,3,9-11H2,1-2H3. The number of hydrogen-bond acceptors (Lipinski definition) is 3. The van der Waals surface area contributed by atoms with E-state index in [1.165, 1.54) is 16.5 Å². The summed E-state index contributed by atoms with van der Waals surface area (Å²) in [5, 5.41) is 1.22. The fourth-order valence-corrected chi connectivity index (χ4v) is 4.30. The molecule has 0 spiro atoms. The van der Waals surface area contributed by atoms with Crippen molar-refractivity contribution in [1.82, 2.24) is 9.88 Å². The van der Waals surface area contributed by atoms with Gasteiger partial charge in [-0.05, 0) is 53.0 Å². The van der Waals surface area contributed by atoms with Crippen LogP contribution in [0, 0.1) is 0 Å². The first-order valence-electron chi connectivity index (χ1n) is 9.67. The first kappa shape index (κ1) is 19.6. The smallest absolute Gasteiger partial charge is 0.254 e. The first-order valence-corrected chi connectivity index (χ1v) is 10.5. The molecule has 0 fully saturated rings. The molecule has 2 aromatic carbocycles. The van der Waals surface area contributed by atoms with Gasteiger partial charge in [0.15, 0.2) is 11.5 Å². The second kappa shape index (κ2) is 8.33. The van der Waals surface area contributed by atoms with E-state index in [1.54, 1.807) is 19.2 Å². The van der Waals surface area contributed by atoms with E-state index in [2.05, 4.69) is 51.4 Å². The Labute approximate surface area is 178 Å². The van der Waals surface area contributed by atoms with Gasteiger partial charge < -0.3 is 19.4 Å². The van der Waals surface area contributed by atoms with Crippen molar-refractivity contribution in [1.29, 1.82) is 0 Å². The summed E-state index contributed by atoms with van der Waals surface area (Å²) in [6.07, 6.45) is 5.03. The molecule has 6 heteroatoms. The van der Waals surface area contributed by atoms with Gasteiger partial charge in [0, 0.05) is 41.3 Å². The highest BCUT2D eigenvalue weighted by Crippen LogP contribution is 2.37. The number of nitrogens with one attached hydrogen (secondary N) is 1. The molecule has 1 amide bonds. The quantitative estimate of drug-likeness (QED) is 0.571. The molecule has 0 saturated heterocycles. The van der Waals surface area contributed by atoms with Crippen LogP contribution in [0.15, 0.2) is 53.1 Å². The van der Waals surface area contributed by atoms with E-state index in [0.29, 0.717) is 41.2 Å². The maximum atomic E-state index is 13.1. The normalized spacial score (nSPS) is 14.0. The van der Waals surface area contributed by atoms with E-state index >= 15 is 0 Å². The zero-order chi connectivity index (χ0) is 20.4. The molecule has 0 atom stereocenters. The zero-order valence-electron chi connectivity index (χ0n) is 16.5. The molecular weight excluding hydrogens is 432 g/mol. The lowest BCUT2D eigenvalue weighted by molar-refractivity contribution is 0.0772. The third-order valence-electron chi connectivity index (χ3n) is 5.20. The highest BCUT2D eigenvalue weighted by molar-refractivity contribution is 9.10. The Bertz CT molecular complexity index is 1090. The SMILES string of the molecule is CCOc1c(Br)cc(C(=O)N2CC=C(c3c[nH]c4ccccc34)CC2)cc1OC. The topological polar surface area (TPSA) is 54.6 Å². The summed E-state index contributed by atoms with van der Waals surface area (Å²) in [6.45, 7) is 3.70. The minimum Gasteiger partial charge on any atom is -0.493 e. The Morgan fingerprint density at radius 1 is 1.28 bits per heavy atom. The molecule has 1 N–H and O–H groups in total. The van der Waals surface area contributed by atoms with Crippen LogP contribution in [0.25, 0.3) is 16.5 Å². The van der Waals surface area contributed by atoms with Gasteiger partial charge in [-0.1, -0.05) is 24.3 Å². The number of aromatic nitrogens is 1. The van der Waals surface area contributed by atoms with Gasteiger partial charge in [0.05, 0.1) is 18.2 Å². The van der Waals surface area contributed by atoms with E-state index in [0.717, 1.165) is 11.9 Å². The number of fused-ring (bicyclic) bond motifs is 1. The van der Waals surface area contributed by atoms with Crippen LogP contribution in [0.1, 0.15) is 29.3 Å². The lowest BCUT2D eigenvalue weighted by Crippen LogP contribution is -2.34. The average molecular weight is 455 g/mol. The molecule has 3 aromatic rings. The Morgan fingerprint density at radius 3 is 2.83 bits per heavy atom. The average Bonchev–Trinajstić information content (AvgIpc) is 3.19.